The number of carbonyl (C=O) groups excluding carboxylic acids is 2. The van der Waals surface area contributed by atoms with Crippen LogP contribution in [0.2, 0.25) is 0 Å². The summed E-state index contributed by atoms with van der Waals surface area (Å²) in [4.78, 5) is 41.9. The molecule has 134 valence electrons. The number of nitrogens with zero attached hydrogens (tertiary/aromatic N) is 1. The molecule has 0 spiro atoms. The van der Waals surface area contributed by atoms with Crippen molar-refractivity contribution in [3.8, 4) is 0 Å². The van der Waals surface area contributed by atoms with Crippen LogP contribution in [0, 0.1) is 5.92 Å². The van der Waals surface area contributed by atoms with Crippen molar-refractivity contribution in [3.63, 3.8) is 0 Å². The summed E-state index contributed by atoms with van der Waals surface area (Å²) in [5.41, 5.74) is 0.759. The number of benzene rings is 1. The minimum absolute atomic E-state index is 0.0000940. The van der Waals surface area contributed by atoms with Crippen molar-refractivity contribution in [2.45, 2.75) is 32.9 Å². The number of carbonyl (C=O) groups is 2. The summed E-state index contributed by atoms with van der Waals surface area (Å²) in [6.07, 6.45) is -0.732. The molecule has 1 rings (SSSR count). The minimum Gasteiger partial charge on any atom is -0.445 e. The normalized spacial score (nSPS) is 12.6. The molecule has 0 unspecified atom stereocenters. The Balaban J connectivity index is 2.69. The summed E-state index contributed by atoms with van der Waals surface area (Å²) in [7, 11) is -4.95. The number of hydrazine groups is 1. The fraction of sp³-hybridized carbons (Fsp3) is 0.429. The van der Waals surface area contributed by atoms with Crippen LogP contribution in [0.4, 0.5) is 4.79 Å². The van der Waals surface area contributed by atoms with E-state index in [0.717, 1.165) is 5.56 Å². The van der Waals surface area contributed by atoms with E-state index in [1.807, 2.05) is 6.07 Å². The maximum atomic E-state index is 12.1. The summed E-state index contributed by atoms with van der Waals surface area (Å²) >= 11 is 0. The first kappa shape index (κ1) is 20.1. The molecule has 2 amide bonds. The van der Waals surface area contributed by atoms with E-state index in [-0.39, 0.29) is 23.7 Å². The number of nitrogens with two attached hydrogens (primary N) is 1. The Kier molecular flexibility index (Phi) is 7.37. The number of hydrogen-bond acceptors (Lipinski definition) is 5. The Labute approximate surface area is 140 Å². The molecule has 0 aliphatic rings. The largest absolute Gasteiger partial charge is 0.446 e. The zero-order valence-electron chi connectivity index (χ0n) is 13.5. The molecule has 0 aliphatic carbocycles. The first-order valence-electron chi connectivity index (χ1n) is 7.23. The van der Waals surface area contributed by atoms with Crippen molar-refractivity contribution < 1.29 is 28.7 Å². The van der Waals surface area contributed by atoms with Gasteiger partial charge in [0.05, 0.1) is 0 Å². The number of alkyl carbamates (subject to hydrolysis) is 1. The van der Waals surface area contributed by atoms with E-state index in [0.29, 0.717) is 0 Å². The van der Waals surface area contributed by atoms with Crippen molar-refractivity contribution in [2.75, 3.05) is 0 Å². The molecular formula is C14H22N3O6P. The molecule has 0 saturated carbocycles. The number of rotatable bonds is 7. The van der Waals surface area contributed by atoms with Crippen molar-refractivity contribution in [3.05, 3.63) is 35.9 Å². The van der Waals surface area contributed by atoms with Crippen LogP contribution in [0.1, 0.15) is 25.8 Å². The van der Waals surface area contributed by atoms with E-state index in [4.69, 9.17) is 20.4 Å². The van der Waals surface area contributed by atoms with Gasteiger partial charge in [0.25, 0.3) is 5.91 Å². The van der Waals surface area contributed by atoms with Crippen LogP contribution in [0.3, 0.4) is 0 Å². The molecule has 1 atom stereocenters. The molecule has 24 heavy (non-hydrogen) atoms. The van der Waals surface area contributed by atoms with Gasteiger partial charge >= 0.3 is 13.8 Å². The van der Waals surface area contributed by atoms with Gasteiger partial charge < -0.3 is 19.8 Å². The Morgan fingerprint density at radius 3 is 2.38 bits per heavy atom. The van der Waals surface area contributed by atoms with Crippen LogP contribution in [0.25, 0.3) is 0 Å². The highest BCUT2D eigenvalue weighted by Gasteiger charge is 2.34. The molecule has 1 aromatic rings. The molecule has 0 fully saturated rings. The second-order valence-electron chi connectivity index (χ2n) is 5.58. The fourth-order valence-electron chi connectivity index (χ4n) is 1.89. The van der Waals surface area contributed by atoms with E-state index in [1.165, 1.54) is 0 Å². The summed E-state index contributed by atoms with van der Waals surface area (Å²) < 4.78 is 15.9. The number of nitrogens with one attached hydrogen (secondary N) is 1. The van der Waals surface area contributed by atoms with E-state index < -0.39 is 25.8 Å². The van der Waals surface area contributed by atoms with Gasteiger partial charge in [0.2, 0.25) is 0 Å². The molecule has 9 nitrogen and oxygen atoms in total. The van der Waals surface area contributed by atoms with Gasteiger partial charge in [-0.15, -0.1) is 0 Å². The van der Waals surface area contributed by atoms with Gasteiger partial charge in [0.15, 0.2) is 0 Å². The van der Waals surface area contributed by atoms with Crippen molar-refractivity contribution >= 4 is 19.7 Å². The first-order valence-corrected chi connectivity index (χ1v) is 8.79. The molecule has 0 bridgehead atoms. The molecule has 10 heteroatoms. The average molecular weight is 359 g/mol. The monoisotopic (exact) mass is 359 g/mol. The smallest absolute Gasteiger partial charge is 0.445 e. The second kappa shape index (κ2) is 8.79. The SMILES string of the molecule is CC(C)C[C@@H](NC(=O)OCc1ccccc1)C(=O)N(N)P(=O)(O)O. The highest BCUT2D eigenvalue weighted by molar-refractivity contribution is 7.49. The fourth-order valence-corrected chi connectivity index (χ4v) is 2.28. The zero-order chi connectivity index (χ0) is 18.3. The molecule has 5 N–H and O–H groups in total. The first-order chi connectivity index (χ1) is 11.1. The molecule has 1 aromatic carbocycles. The number of hydrogen-bond donors (Lipinski definition) is 4. The predicted octanol–water partition coefficient (Wildman–Crippen LogP) is 1.12. The third-order valence-corrected chi connectivity index (χ3v) is 3.78. The Hall–Kier alpha value is -1.93. The van der Waals surface area contributed by atoms with Crippen LogP contribution >= 0.6 is 7.75 Å². The topological polar surface area (TPSA) is 142 Å². The Morgan fingerprint density at radius 1 is 1.29 bits per heavy atom. The van der Waals surface area contributed by atoms with Gasteiger partial charge in [-0.2, -0.15) is 4.78 Å². The molecule has 0 heterocycles. The third kappa shape index (κ3) is 6.67. The number of amides is 2. The van der Waals surface area contributed by atoms with E-state index in [2.05, 4.69) is 5.32 Å². The lowest BCUT2D eigenvalue weighted by molar-refractivity contribution is -0.130. The van der Waals surface area contributed by atoms with E-state index >= 15 is 0 Å². The summed E-state index contributed by atoms with van der Waals surface area (Å²) in [6, 6.07) is 7.71. The van der Waals surface area contributed by atoms with Crippen molar-refractivity contribution in [1.29, 1.82) is 0 Å². The molecule has 0 aromatic heterocycles. The third-order valence-electron chi connectivity index (χ3n) is 3.02. The van der Waals surface area contributed by atoms with Crippen LogP contribution < -0.4 is 11.2 Å². The maximum Gasteiger partial charge on any atom is 0.446 e. The predicted molar refractivity (Wildman–Crippen MR) is 86.1 cm³/mol. The highest BCUT2D eigenvalue weighted by atomic mass is 31.2. The Morgan fingerprint density at radius 2 is 1.88 bits per heavy atom. The quantitative estimate of drug-likeness (QED) is 0.247. The number of ether oxygens (including phenoxy) is 1. The van der Waals surface area contributed by atoms with Crippen molar-refractivity contribution in [1.82, 2.24) is 10.1 Å². The van der Waals surface area contributed by atoms with Gasteiger partial charge in [-0.05, 0) is 17.9 Å². The highest BCUT2D eigenvalue weighted by Crippen LogP contribution is 2.37. The van der Waals surface area contributed by atoms with Crippen molar-refractivity contribution in [2.24, 2.45) is 11.8 Å². The van der Waals surface area contributed by atoms with Crippen LogP contribution in [-0.4, -0.2) is 32.6 Å². The standard InChI is InChI=1S/C14H22N3O6P/c1-10(2)8-12(13(18)17(15)24(20,21)22)16-14(19)23-9-11-6-4-3-5-7-11/h3-7,10,12H,8-9,15H2,1-2H3,(H,16,19)(H2,20,21,22)/t12-/m1/s1. The molecular weight excluding hydrogens is 337 g/mol. The zero-order valence-corrected chi connectivity index (χ0v) is 14.3. The van der Waals surface area contributed by atoms with Gasteiger partial charge in [0.1, 0.15) is 12.6 Å². The average Bonchev–Trinajstić information content (AvgIpc) is 2.50. The molecule has 0 radical (unpaired) electrons. The maximum absolute atomic E-state index is 12.1. The summed E-state index contributed by atoms with van der Waals surface area (Å²) in [6.45, 7) is 3.57. The van der Waals surface area contributed by atoms with Gasteiger partial charge in [-0.3, -0.25) is 4.79 Å². The van der Waals surface area contributed by atoms with Crippen LogP contribution in [0.15, 0.2) is 30.3 Å². The van der Waals surface area contributed by atoms with E-state index in [9.17, 15) is 14.2 Å². The van der Waals surface area contributed by atoms with Crippen LogP contribution in [-0.2, 0) is 20.7 Å². The lowest BCUT2D eigenvalue weighted by Gasteiger charge is -2.25. The second-order valence-corrected chi connectivity index (χ2v) is 7.04. The lowest BCUT2D eigenvalue weighted by atomic mass is 10.0. The summed E-state index contributed by atoms with van der Waals surface area (Å²) in [5.74, 6) is 4.02. The van der Waals surface area contributed by atoms with E-state index in [1.54, 1.807) is 38.1 Å². The van der Waals surface area contributed by atoms with Crippen LogP contribution in [0.5, 0.6) is 0 Å². The van der Waals surface area contributed by atoms with Gasteiger partial charge in [-0.1, -0.05) is 44.2 Å². The Bertz CT molecular complexity index is 604. The molecule has 0 aliphatic heterocycles. The summed E-state index contributed by atoms with van der Waals surface area (Å²) in [5, 5.41) is 2.30. The van der Waals surface area contributed by atoms with Gasteiger partial charge in [0, 0.05) is 0 Å². The minimum atomic E-state index is -4.95. The molecule has 0 saturated heterocycles. The van der Waals surface area contributed by atoms with Gasteiger partial charge in [-0.25, -0.2) is 15.2 Å². The lowest BCUT2D eigenvalue weighted by Crippen LogP contribution is -2.50.